The largest absolute Gasteiger partial charge is 0.504 e. The SMILES string of the molecule is C[C@@H](Cc1ccc(S(=O)(=O)O)cc1)Cc1ccc(O)c(O)c1. The van der Waals surface area contributed by atoms with Crippen molar-refractivity contribution in [2.24, 2.45) is 5.92 Å². The molecule has 2 aromatic rings. The molecule has 0 bridgehead atoms. The Hall–Kier alpha value is -2.05. The Balaban J connectivity index is 2.02. The molecule has 0 amide bonds. The van der Waals surface area contributed by atoms with Crippen LogP contribution in [0.2, 0.25) is 0 Å². The topological polar surface area (TPSA) is 94.8 Å². The summed E-state index contributed by atoms with van der Waals surface area (Å²) in [7, 11) is -4.16. The molecule has 2 aromatic carbocycles. The standard InChI is InChI=1S/C16H18O5S/c1-11(9-13-4-7-15(17)16(18)10-13)8-12-2-5-14(6-3-12)22(19,20)21/h2-7,10-11,17-18H,8-9H2,1H3,(H,19,20,21)/t11-/m0/s1. The molecule has 0 radical (unpaired) electrons. The van der Waals surface area contributed by atoms with Crippen LogP contribution < -0.4 is 0 Å². The van der Waals surface area contributed by atoms with Crippen LogP contribution in [-0.2, 0) is 23.0 Å². The second kappa shape index (κ2) is 6.37. The van der Waals surface area contributed by atoms with Gasteiger partial charge in [-0.3, -0.25) is 4.55 Å². The summed E-state index contributed by atoms with van der Waals surface area (Å²) < 4.78 is 30.9. The maximum atomic E-state index is 11.0. The van der Waals surface area contributed by atoms with Gasteiger partial charge in [0.2, 0.25) is 0 Å². The monoisotopic (exact) mass is 322 g/mol. The highest BCUT2D eigenvalue weighted by atomic mass is 32.2. The molecule has 0 spiro atoms. The van der Waals surface area contributed by atoms with Gasteiger partial charge in [-0.2, -0.15) is 8.42 Å². The molecule has 1 atom stereocenters. The molecule has 3 N–H and O–H groups in total. The molecule has 0 aliphatic carbocycles. The van der Waals surface area contributed by atoms with Crippen molar-refractivity contribution in [2.75, 3.05) is 0 Å². The highest BCUT2D eigenvalue weighted by molar-refractivity contribution is 7.85. The fraction of sp³-hybridized carbons (Fsp3) is 0.250. The van der Waals surface area contributed by atoms with Crippen molar-refractivity contribution in [1.29, 1.82) is 0 Å². The Morgan fingerprint density at radius 3 is 2.00 bits per heavy atom. The number of phenols is 2. The fourth-order valence-electron chi connectivity index (χ4n) is 2.37. The number of aromatic hydroxyl groups is 2. The number of benzene rings is 2. The average molecular weight is 322 g/mol. The summed E-state index contributed by atoms with van der Waals surface area (Å²) in [5.74, 6) is -0.0139. The highest BCUT2D eigenvalue weighted by Gasteiger charge is 2.11. The molecule has 2 rings (SSSR count). The van der Waals surface area contributed by atoms with Crippen LogP contribution in [-0.4, -0.2) is 23.2 Å². The van der Waals surface area contributed by atoms with Gasteiger partial charge in [-0.15, -0.1) is 0 Å². The lowest BCUT2D eigenvalue weighted by Gasteiger charge is -2.12. The summed E-state index contributed by atoms with van der Waals surface area (Å²) in [4.78, 5) is -0.118. The second-order valence-corrected chi connectivity index (χ2v) is 6.88. The summed E-state index contributed by atoms with van der Waals surface area (Å²) in [6, 6.07) is 10.9. The van der Waals surface area contributed by atoms with Gasteiger partial charge < -0.3 is 10.2 Å². The molecule has 0 aliphatic heterocycles. The van der Waals surface area contributed by atoms with Crippen LogP contribution >= 0.6 is 0 Å². The first-order valence-electron chi connectivity index (χ1n) is 6.83. The summed E-state index contributed by atoms with van der Waals surface area (Å²) >= 11 is 0. The number of hydrogen-bond acceptors (Lipinski definition) is 4. The molecule has 0 aliphatic rings. The van der Waals surface area contributed by atoms with Gasteiger partial charge in [0.25, 0.3) is 10.1 Å². The van der Waals surface area contributed by atoms with Crippen LogP contribution in [0.25, 0.3) is 0 Å². The van der Waals surface area contributed by atoms with Crippen molar-refractivity contribution in [3.05, 3.63) is 53.6 Å². The molecule has 0 fully saturated rings. The minimum Gasteiger partial charge on any atom is -0.504 e. The van der Waals surface area contributed by atoms with Crippen LogP contribution in [0.3, 0.4) is 0 Å². The normalized spacial score (nSPS) is 13.0. The molecule has 118 valence electrons. The van der Waals surface area contributed by atoms with Crippen LogP contribution in [0.5, 0.6) is 11.5 Å². The van der Waals surface area contributed by atoms with E-state index in [4.69, 9.17) is 4.55 Å². The van der Waals surface area contributed by atoms with Gasteiger partial charge in [0.15, 0.2) is 11.5 Å². The highest BCUT2D eigenvalue weighted by Crippen LogP contribution is 2.26. The summed E-state index contributed by atoms with van der Waals surface area (Å²) in [5, 5.41) is 18.8. The molecule has 0 unspecified atom stereocenters. The number of hydrogen-bond donors (Lipinski definition) is 3. The number of rotatable bonds is 5. The average Bonchev–Trinajstić information content (AvgIpc) is 2.42. The molecule has 0 saturated heterocycles. The zero-order valence-electron chi connectivity index (χ0n) is 12.1. The van der Waals surface area contributed by atoms with E-state index in [-0.39, 0.29) is 22.3 Å². The van der Waals surface area contributed by atoms with Crippen molar-refractivity contribution < 1.29 is 23.2 Å². The summed E-state index contributed by atoms with van der Waals surface area (Å²) in [6.07, 6.45) is 1.45. The van der Waals surface area contributed by atoms with Crippen molar-refractivity contribution in [2.45, 2.75) is 24.7 Å². The van der Waals surface area contributed by atoms with Crippen LogP contribution in [0.4, 0.5) is 0 Å². The van der Waals surface area contributed by atoms with E-state index < -0.39 is 10.1 Å². The zero-order chi connectivity index (χ0) is 16.3. The van der Waals surface area contributed by atoms with Gasteiger partial charge in [-0.1, -0.05) is 25.1 Å². The van der Waals surface area contributed by atoms with E-state index in [1.807, 2.05) is 6.92 Å². The molecule has 22 heavy (non-hydrogen) atoms. The van der Waals surface area contributed by atoms with Crippen LogP contribution in [0, 0.1) is 5.92 Å². The van der Waals surface area contributed by atoms with Gasteiger partial charge in [-0.05, 0) is 54.2 Å². The third-order valence-corrected chi connectivity index (χ3v) is 4.30. The third-order valence-electron chi connectivity index (χ3n) is 3.43. The summed E-state index contributed by atoms with van der Waals surface area (Å²) in [5.41, 5.74) is 1.88. The predicted molar refractivity (Wildman–Crippen MR) is 82.6 cm³/mol. The van der Waals surface area contributed by atoms with E-state index in [9.17, 15) is 18.6 Å². The second-order valence-electron chi connectivity index (χ2n) is 5.46. The van der Waals surface area contributed by atoms with Crippen molar-refractivity contribution in [3.63, 3.8) is 0 Å². The van der Waals surface area contributed by atoms with E-state index in [0.29, 0.717) is 6.42 Å². The first-order valence-corrected chi connectivity index (χ1v) is 8.27. The van der Waals surface area contributed by atoms with Crippen LogP contribution in [0.1, 0.15) is 18.1 Å². The molecule has 0 saturated carbocycles. The Morgan fingerprint density at radius 2 is 1.45 bits per heavy atom. The maximum Gasteiger partial charge on any atom is 0.294 e. The van der Waals surface area contributed by atoms with Crippen molar-refractivity contribution >= 4 is 10.1 Å². The third kappa shape index (κ3) is 4.22. The minimum absolute atomic E-state index is 0.118. The lowest BCUT2D eigenvalue weighted by molar-refractivity contribution is 0.402. The van der Waals surface area contributed by atoms with Crippen molar-refractivity contribution in [1.82, 2.24) is 0 Å². The minimum atomic E-state index is -4.16. The van der Waals surface area contributed by atoms with E-state index in [1.165, 1.54) is 24.3 Å². The Morgan fingerprint density at radius 1 is 0.909 bits per heavy atom. The summed E-state index contributed by atoms with van der Waals surface area (Å²) in [6.45, 7) is 2.04. The van der Waals surface area contributed by atoms with Gasteiger partial charge in [0.1, 0.15) is 0 Å². The van der Waals surface area contributed by atoms with E-state index in [1.54, 1.807) is 18.2 Å². The molecule has 0 heterocycles. The van der Waals surface area contributed by atoms with Crippen molar-refractivity contribution in [3.8, 4) is 11.5 Å². The quantitative estimate of drug-likeness (QED) is 0.581. The fourth-order valence-corrected chi connectivity index (χ4v) is 2.85. The van der Waals surface area contributed by atoms with E-state index >= 15 is 0 Å². The first-order chi connectivity index (χ1) is 10.3. The maximum absolute atomic E-state index is 11.0. The first kappa shape index (κ1) is 16.3. The Bertz CT molecular complexity index is 751. The van der Waals surface area contributed by atoms with Gasteiger partial charge in [0, 0.05) is 0 Å². The van der Waals surface area contributed by atoms with Crippen LogP contribution in [0.15, 0.2) is 47.4 Å². The number of phenolic OH excluding ortho intramolecular Hbond substituents is 2. The molecular weight excluding hydrogens is 304 g/mol. The lowest BCUT2D eigenvalue weighted by atomic mass is 9.94. The van der Waals surface area contributed by atoms with E-state index in [0.717, 1.165) is 17.5 Å². The Kier molecular flexibility index (Phi) is 4.73. The van der Waals surface area contributed by atoms with Gasteiger partial charge >= 0.3 is 0 Å². The molecule has 0 aromatic heterocycles. The smallest absolute Gasteiger partial charge is 0.294 e. The lowest BCUT2D eigenvalue weighted by Crippen LogP contribution is -2.04. The van der Waals surface area contributed by atoms with Gasteiger partial charge in [-0.25, -0.2) is 0 Å². The Labute approximate surface area is 129 Å². The zero-order valence-corrected chi connectivity index (χ0v) is 12.9. The van der Waals surface area contributed by atoms with Gasteiger partial charge in [0.05, 0.1) is 4.90 Å². The molecule has 6 heteroatoms. The van der Waals surface area contributed by atoms with E-state index in [2.05, 4.69) is 0 Å². The predicted octanol–water partition coefficient (Wildman–Crippen LogP) is 2.77. The molecular formula is C16H18O5S. The molecule has 5 nitrogen and oxygen atoms in total.